The van der Waals surface area contributed by atoms with E-state index in [1.54, 1.807) is 19.2 Å². The zero-order chi connectivity index (χ0) is 18.7. The first kappa shape index (κ1) is 17.9. The highest BCUT2D eigenvalue weighted by molar-refractivity contribution is 6.34. The minimum Gasteiger partial charge on any atom is -0.391 e. The molecule has 0 saturated carbocycles. The Hall–Kier alpha value is -2.93. The van der Waals surface area contributed by atoms with Gasteiger partial charge in [0.2, 0.25) is 0 Å². The van der Waals surface area contributed by atoms with E-state index in [0.29, 0.717) is 16.4 Å². The molecule has 3 rings (SSSR count). The van der Waals surface area contributed by atoms with Crippen LogP contribution >= 0.6 is 11.6 Å². The second-order valence-corrected chi connectivity index (χ2v) is 6.21. The Morgan fingerprint density at radius 3 is 2.65 bits per heavy atom. The van der Waals surface area contributed by atoms with Crippen LogP contribution in [0.4, 0.5) is 0 Å². The van der Waals surface area contributed by atoms with Gasteiger partial charge in [-0.25, -0.2) is 4.79 Å². The van der Waals surface area contributed by atoms with E-state index in [4.69, 9.17) is 16.4 Å². The molecular weight excluding hydrogens is 354 g/mol. The lowest BCUT2D eigenvalue weighted by Crippen LogP contribution is -2.23. The zero-order valence-electron chi connectivity index (χ0n) is 14.7. The lowest BCUT2D eigenvalue weighted by molar-refractivity contribution is 0.130. The van der Waals surface area contributed by atoms with Crippen LogP contribution in [0.2, 0.25) is 5.02 Å². The average molecular weight is 372 g/mol. The number of aryl methyl sites for hydroxylation is 2. The van der Waals surface area contributed by atoms with E-state index in [1.807, 2.05) is 44.2 Å². The molecule has 0 aliphatic rings. The Morgan fingerprint density at radius 2 is 1.96 bits per heavy atom. The highest BCUT2D eigenvalue weighted by Crippen LogP contribution is 2.19. The lowest BCUT2D eigenvalue weighted by Gasteiger charge is -2.11. The predicted octanol–water partition coefficient (Wildman–Crippen LogP) is 2.87. The average Bonchev–Trinajstić information content (AvgIpc) is 2.95. The highest BCUT2D eigenvalue weighted by atomic mass is 35.5. The van der Waals surface area contributed by atoms with Crippen molar-refractivity contribution in [2.45, 2.75) is 20.5 Å². The summed E-state index contributed by atoms with van der Waals surface area (Å²) >= 11 is 6.17. The Balaban J connectivity index is 1.87. The van der Waals surface area contributed by atoms with Crippen LogP contribution in [-0.4, -0.2) is 25.5 Å². The zero-order valence-corrected chi connectivity index (χ0v) is 15.4. The number of oxime groups is 1. The molecule has 0 radical (unpaired) electrons. The van der Waals surface area contributed by atoms with Gasteiger partial charge in [-0.15, -0.1) is 0 Å². The topological polar surface area (TPSA) is 74.3 Å². The van der Waals surface area contributed by atoms with E-state index in [2.05, 4.69) is 15.6 Å². The van der Waals surface area contributed by atoms with Gasteiger partial charge in [-0.3, -0.25) is 0 Å². The molecule has 0 aliphatic carbocycles. The molecule has 1 aromatic heterocycles. The molecule has 26 heavy (non-hydrogen) atoms. The van der Waals surface area contributed by atoms with E-state index in [9.17, 15) is 4.79 Å². The SMILES string of the molecule is CC(=NOCc1c(C)cccc1-n1nnn(C)c1=O)c1ccccc1Cl. The van der Waals surface area contributed by atoms with E-state index >= 15 is 0 Å². The second-order valence-electron chi connectivity index (χ2n) is 5.80. The molecule has 2 aromatic carbocycles. The molecule has 134 valence electrons. The molecule has 0 amide bonds. The predicted molar refractivity (Wildman–Crippen MR) is 99.8 cm³/mol. The molecule has 0 N–H and O–H groups in total. The number of hydrogen-bond acceptors (Lipinski definition) is 5. The van der Waals surface area contributed by atoms with E-state index in [1.165, 1.54) is 9.36 Å². The van der Waals surface area contributed by atoms with Crippen LogP contribution in [0.1, 0.15) is 23.6 Å². The Morgan fingerprint density at radius 1 is 1.19 bits per heavy atom. The Bertz CT molecular complexity index is 1020. The molecule has 8 heteroatoms. The quantitative estimate of drug-likeness (QED) is 0.510. The molecule has 1 heterocycles. The van der Waals surface area contributed by atoms with Crippen molar-refractivity contribution < 1.29 is 4.84 Å². The summed E-state index contributed by atoms with van der Waals surface area (Å²) in [6.07, 6.45) is 0. The first-order chi connectivity index (χ1) is 12.5. The van der Waals surface area contributed by atoms with Crippen molar-refractivity contribution in [3.05, 3.63) is 74.7 Å². The second kappa shape index (κ2) is 7.53. The number of hydrogen-bond donors (Lipinski definition) is 0. The van der Waals surface area contributed by atoms with Crippen LogP contribution in [0.3, 0.4) is 0 Å². The van der Waals surface area contributed by atoms with Gasteiger partial charge in [0.25, 0.3) is 0 Å². The van der Waals surface area contributed by atoms with E-state index < -0.39 is 0 Å². The van der Waals surface area contributed by atoms with Crippen molar-refractivity contribution in [2.24, 2.45) is 12.2 Å². The molecule has 0 saturated heterocycles. The maximum absolute atomic E-state index is 12.2. The molecule has 0 fully saturated rings. The number of halogens is 1. The maximum atomic E-state index is 12.2. The summed E-state index contributed by atoms with van der Waals surface area (Å²) in [5.74, 6) is 0. The largest absolute Gasteiger partial charge is 0.391 e. The third-order valence-electron chi connectivity index (χ3n) is 4.01. The fraction of sp³-hybridized carbons (Fsp3) is 0.222. The summed E-state index contributed by atoms with van der Waals surface area (Å²) < 4.78 is 2.42. The maximum Gasteiger partial charge on any atom is 0.368 e. The van der Waals surface area contributed by atoms with Gasteiger partial charge in [0, 0.05) is 23.2 Å². The van der Waals surface area contributed by atoms with Gasteiger partial charge >= 0.3 is 5.69 Å². The fourth-order valence-corrected chi connectivity index (χ4v) is 2.81. The van der Waals surface area contributed by atoms with Gasteiger partial charge in [0.05, 0.1) is 11.4 Å². The monoisotopic (exact) mass is 371 g/mol. The van der Waals surface area contributed by atoms with Gasteiger partial charge < -0.3 is 4.84 Å². The number of aromatic nitrogens is 4. The van der Waals surface area contributed by atoms with Gasteiger partial charge in [-0.1, -0.05) is 47.1 Å². The number of nitrogens with zero attached hydrogens (tertiary/aromatic N) is 5. The highest BCUT2D eigenvalue weighted by Gasteiger charge is 2.13. The molecule has 0 unspecified atom stereocenters. The van der Waals surface area contributed by atoms with Crippen molar-refractivity contribution in [3.8, 4) is 5.69 Å². The van der Waals surface area contributed by atoms with Crippen LogP contribution in [-0.2, 0) is 18.5 Å². The molecular formula is C18H18ClN5O2. The lowest BCUT2D eigenvalue weighted by atomic mass is 10.1. The summed E-state index contributed by atoms with van der Waals surface area (Å²) in [7, 11) is 1.55. The van der Waals surface area contributed by atoms with Crippen LogP contribution in [0.25, 0.3) is 5.69 Å². The molecule has 3 aromatic rings. The van der Waals surface area contributed by atoms with Crippen LogP contribution in [0.15, 0.2) is 52.4 Å². The summed E-state index contributed by atoms with van der Waals surface area (Å²) in [6, 6.07) is 13.0. The van der Waals surface area contributed by atoms with Crippen LogP contribution < -0.4 is 5.69 Å². The fourth-order valence-electron chi connectivity index (χ4n) is 2.54. The third kappa shape index (κ3) is 3.52. The van der Waals surface area contributed by atoms with Gasteiger partial charge in [-0.2, -0.15) is 9.36 Å². The summed E-state index contributed by atoms with van der Waals surface area (Å²) in [4.78, 5) is 17.7. The van der Waals surface area contributed by atoms with Crippen molar-refractivity contribution in [1.82, 2.24) is 19.8 Å². The standard InChI is InChI=1S/C18H18ClN5O2/c1-12-7-6-10-17(24-18(25)23(3)21-22-24)15(12)11-26-20-13(2)14-8-4-5-9-16(14)19/h4-10H,11H2,1-3H3. The normalized spacial score (nSPS) is 11.6. The van der Waals surface area contributed by atoms with Crippen molar-refractivity contribution >= 4 is 17.3 Å². The summed E-state index contributed by atoms with van der Waals surface area (Å²) in [5, 5.41) is 12.4. The molecule has 0 spiro atoms. The van der Waals surface area contributed by atoms with Crippen molar-refractivity contribution in [3.63, 3.8) is 0 Å². The molecule has 0 aliphatic heterocycles. The van der Waals surface area contributed by atoms with E-state index in [0.717, 1.165) is 16.7 Å². The van der Waals surface area contributed by atoms with E-state index in [-0.39, 0.29) is 12.3 Å². The van der Waals surface area contributed by atoms with Gasteiger partial charge in [0.15, 0.2) is 0 Å². The number of benzene rings is 2. The molecule has 0 bridgehead atoms. The van der Waals surface area contributed by atoms with Crippen LogP contribution in [0.5, 0.6) is 0 Å². The molecule has 7 nitrogen and oxygen atoms in total. The summed E-state index contributed by atoms with van der Waals surface area (Å²) in [5.41, 5.74) is 3.55. The van der Waals surface area contributed by atoms with Crippen molar-refractivity contribution in [1.29, 1.82) is 0 Å². The number of tetrazole rings is 1. The van der Waals surface area contributed by atoms with Gasteiger partial charge in [0.1, 0.15) is 6.61 Å². The number of rotatable bonds is 5. The van der Waals surface area contributed by atoms with Crippen molar-refractivity contribution in [2.75, 3.05) is 0 Å². The third-order valence-corrected chi connectivity index (χ3v) is 4.34. The summed E-state index contributed by atoms with van der Waals surface area (Å²) in [6.45, 7) is 3.95. The first-order valence-electron chi connectivity index (χ1n) is 7.98. The minimum atomic E-state index is -0.326. The minimum absolute atomic E-state index is 0.187. The Labute approximate surface area is 155 Å². The molecule has 0 atom stereocenters. The van der Waals surface area contributed by atoms with Crippen LogP contribution in [0, 0.1) is 6.92 Å². The Kier molecular flexibility index (Phi) is 5.18. The van der Waals surface area contributed by atoms with Gasteiger partial charge in [-0.05, 0) is 42.0 Å². The smallest absolute Gasteiger partial charge is 0.368 e. The first-order valence-corrected chi connectivity index (χ1v) is 8.36.